The summed E-state index contributed by atoms with van der Waals surface area (Å²) >= 11 is 8.58. The molecule has 0 saturated carbocycles. The molecule has 2 aromatic heterocycles. The minimum absolute atomic E-state index is 0.0527. The number of pyridine rings is 1. The number of hydrogen-bond donors (Lipinski definition) is 1. The molecule has 2 rings (SSSR count). The molecular weight excluding hydrogens is 352 g/mol. The summed E-state index contributed by atoms with van der Waals surface area (Å²) in [4.78, 5) is 5.57. The van der Waals surface area contributed by atoms with Crippen molar-refractivity contribution < 1.29 is 0 Å². The minimum atomic E-state index is -0.0527. The maximum atomic E-state index is 6.11. The first-order valence-electron chi connectivity index (χ1n) is 4.75. The second kappa shape index (κ2) is 5.40. The Balaban J connectivity index is 2.11. The van der Waals surface area contributed by atoms with Gasteiger partial charge in [0.15, 0.2) is 0 Å². The summed E-state index contributed by atoms with van der Waals surface area (Å²) < 4.78 is 2.10. The highest BCUT2D eigenvalue weighted by Gasteiger charge is 2.11. The van der Waals surface area contributed by atoms with Crippen molar-refractivity contribution in [3.8, 4) is 0 Å². The Bertz CT molecular complexity index is 467. The lowest BCUT2D eigenvalue weighted by Crippen LogP contribution is -2.14. The van der Waals surface area contributed by atoms with Crippen molar-refractivity contribution in [3.63, 3.8) is 0 Å². The Labute approximate surface area is 115 Å². The summed E-state index contributed by atoms with van der Waals surface area (Å²) in [6.07, 6.45) is 2.59. The third-order valence-electron chi connectivity index (χ3n) is 2.23. The van der Waals surface area contributed by atoms with E-state index in [0.717, 1.165) is 21.1 Å². The second-order valence-corrected chi connectivity index (χ2v) is 6.17. The van der Waals surface area contributed by atoms with E-state index in [2.05, 4.69) is 42.2 Å². The van der Waals surface area contributed by atoms with Gasteiger partial charge in [0.05, 0.1) is 11.7 Å². The zero-order chi connectivity index (χ0) is 11.5. The highest BCUT2D eigenvalue weighted by molar-refractivity contribution is 9.10. The third-order valence-corrected chi connectivity index (χ3v) is 4.64. The Morgan fingerprint density at radius 3 is 2.69 bits per heavy atom. The largest absolute Gasteiger partial charge is 0.322 e. The zero-order valence-corrected chi connectivity index (χ0v) is 12.3. The topological polar surface area (TPSA) is 38.9 Å². The van der Waals surface area contributed by atoms with Gasteiger partial charge in [-0.2, -0.15) is 0 Å². The number of nitrogens with two attached hydrogens (primary N) is 1. The van der Waals surface area contributed by atoms with E-state index < -0.39 is 0 Å². The van der Waals surface area contributed by atoms with Gasteiger partial charge in [0.1, 0.15) is 0 Å². The molecule has 0 spiro atoms. The quantitative estimate of drug-likeness (QED) is 0.899. The van der Waals surface area contributed by atoms with Gasteiger partial charge in [-0.25, -0.2) is 0 Å². The summed E-state index contributed by atoms with van der Waals surface area (Å²) in [5.74, 6) is 0. The number of hydrogen-bond acceptors (Lipinski definition) is 3. The number of nitrogens with zero attached hydrogens (tertiary/aromatic N) is 1. The lowest BCUT2D eigenvalue weighted by Gasteiger charge is -2.10. The Morgan fingerprint density at radius 2 is 2.12 bits per heavy atom. The molecule has 0 aromatic carbocycles. The molecule has 0 aliphatic rings. The van der Waals surface area contributed by atoms with E-state index in [-0.39, 0.29) is 6.04 Å². The van der Waals surface area contributed by atoms with Crippen LogP contribution in [0.2, 0.25) is 0 Å². The molecule has 0 aliphatic heterocycles. The van der Waals surface area contributed by atoms with Gasteiger partial charge < -0.3 is 5.73 Å². The van der Waals surface area contributed by atoms with Crippen LogP contribution in [0.25, 0.3) is 0 Å². The van der Waals surface area contributed by atoms with E-state index >= 15 is 0 Å². The minimum Gasteiger partial charge on any atom is -0.322 e. The zero-order valence-electron chi connectivity index (χ0n) is 8.36. The molecule has 1 unspecified atom stereocenters. The maximum absolute atomic E-state index is 6.11. The van der Waals surface area contributed by atoms with Crippen LogP contribution in [0, 0.1) is 0 Å². The van der Waals surface area contributed by atoms with Crippen LogP contribution in [0.1, 0.15) is 16.6 Å². The van der Waals surface area contributed by atoms with Gasteiger partial charge in [-0.05, 0) is 55.4 Å². The Hall–Kier alpha value is -0.230. The average Bonchev–Trinajstić information content (AvgIpc) is 2.65. The predicted molar refractivity (Wildman–Crippen MR) is 74.6 cm³/mol. The second-order valence-electron chi connectivity index (χ2n) is 3.40. The number of aromatic nitrogens is 1. The normalized spacial score (nSPS) is 12.7. The number of halogens is 2. The summed E-state index contributed by atoms with van der Waals surface area (Å²) in [5.41, 5.74) is 7.03. The van der Waals surface area contributed by atoms with Crippen molar-refractivity contribution in [2.24, 2.45) is 5.73 Å². The summed E-state index contributed by atoms with van der Waals surface area (Å²) in [6, 6.07) is 5.91. The highest BCUT2D eigenvalue weighted by Crippen LogP contribution is 2.26. The summed E-state index contributed by atoms with van der Waals surface area (Å²) in [7, 11) is 0. The van der Waals surface area contributed by atoms with Crippen LogP contribution in [0.4, 0.5) is 0 Å². The molecule has 0 radical (unpaired) electrons. The third kappa shape index (κ3) is 2.91. The van der Waals surface area contributed by atoms with Crippen molar-refractivity contribution >= 4 is 43.2 Å². The molecule has 16 heavy (non-hydrogen) atoms. The van der Waals surface area contributed by atoms with Crippen LogP contribution < -0.4 is 5.73 Å². The Morgan fingerprint density at radius 1 is 1.31 bits per heavy atom. The molecule has 84 valence electrons. The van der Waals surface area contributed by atoms with Gasteiger partial charge in [-0.1, -0.05) is 0 Å². The molecule has 2 N–H and O–H groups in total. The lowest BCUT2D eigenvalue weighted by molar-refractivity contribution is 0.702. The fraction of sp³-hybridized carbons (Fsp3) is 0.182. The van der Waals surface area contributed by atoms with E-state index in [4.69, 9.17) is 5.73 Å². The molecule has 0 amide bonds. The van der Waals surface area contributed by atoms with Gasteiger partial charge in [-0.15, -0.1) is 11.3 Å². The molecule has 2 nitrogen and oxygen atoms in total. The molecule has 1 atom stereocenters. The van der Waals surface area contributed by atoms with Crippen molar-refractivity contribution in [1.29, 1.82) is 0 Å². The summed E-state index contributed by atoms with van der Waals surface area (Å²) in [6.45, 7) is 0. The van der Waals surface area contributed by atoms with Gasteiger partial charge >= 0.3 is 0 Å². The van der Waals surface area contributed by atoms with Crippen LogP contribution in [-0.2, 0) is 6.42 Å². The fourth-order valence-electron chi connectivity index (χ4n) is 1.38. The molecule has 0 aliphatic carbocycles. The van der Waals surface area contributed by atoms with Crippen molar-refractivity contribution in [1.82, 2.24) is 4.98 Å². The SMILES string of the molecule is NC(Cc1sccc1Br)c1ccc(Br)cn1. The van der Waals surface area contributed by atoms with Crippen LogP contribution in [0.5, 0.6) is 0 Å². The Kier molecular flexibility index (Phi) is 4.13. The smallest absolute Gasteiger partial charge is 0.0575 e. The van der Waals surface area contributed by atoms with Crippen molar-refractivity contribution in [3.05, 3.63) is 49.3 Å². The van der Waals surface area contributed by atoms with E-state index in [1.165, 1.54) is 4.88 Å². The van der Waals surface area contributed by atoms with Gasteiger partial charge in [0, 0.05) is 26.4 Å². The van der Waals surface area contributed by atoms with E-state index in [9.17, 15) is 0 Å². The highest BCUT2D eigenvalue weighted by atomic mass is 79.9. The van der Waals surface area contributed by atoms with Crippen LogP contribution in [-0.4, -0.2) is 4.98 Å². The molecule has 2 heterocycles. The predicted octanol–water partition coefficient (Wildman–Crippen LogP) is 3.91. The molecule has 0 bridgehead atoms. The van der Waals surface area contributed by atoms with Crippen molar-refractivity contribution in [2.45, 2.75) is 12.5 Å². The summed E-state index contributed by atoms with van der Waals surface area (Å²) in [5, 5.41) is 2.06. The number of thiophene rings is 1. The van der Waals surface area contributed by atoms with Crippen LogP contribution >= 0.6 is 43.2 Å². The molecule has 0 saturated heterocycles. The molecular formula is C11H10Br2N2S. The average molecular weight is 362 g/mol. The van der Waals surface area contributed by atoms with Crippen LogP contribution in [0.3, 0.4) is 0 Å². The lowest BCUT2D eigenvalue weighted by atomic mass is 10.1. The monoisotopic (exact) mass is 360 g/mol. The first kappa shape index (κ1) is 12.2. The van der Waals surface area contributed by atoms with E-state index in [0.29, 0.717) is 0 Å². The van der Waals surface area contributed by atoms with Crippen LogP contribution in [0.15, 0.2) is 38.7 Å². The molecule has 5 heteroatoms. The fourth-order valence-corrected chi connectivity index (χ4v) is 3.19. The van der Waals surface area contributed by atoms with E-state index in [1.54, 1.807) is 17.5 Å². The standard InChI is InChI=1S/C11H10Br2N2S/c12-7-1-2-10(15-6-7)9(14)5-11-8(13)3-4-16-11/h1-4,6,9H,5,14H2. The van der Waals surface area contributed by atoms with Gasteiger partial charge in [0.25, 0.3) is 0 Å². The van der Waals surface area contributed by atoms with Crippen molar-refractivity contribution in [2.75, 3.05) is 0 Å². The molecule has 0 fully saturated rings. The van der Waals surface area contributed by atoms with Gasteiger partial charge in [-0.3, -0.25) is 4.98 Å². The maximum Gasteiger partial charge on any atom is 0.0575 e. The first-order chi connectivity index (χ1) is 7.66. The number of rotatable bonds is 3. The molecule has 2 aromatic rings. The first-order valence-corrected chi connectivity index (χ1v) is 7.22. The van der Waals surface area contributed by atoms with E-state index in [1.807, 2.05) is 18.2 Å². The van der Waals surface area contributed by atoms with Gasteiger partial charge in [0.2, 0.25) is 0 Å².